The van der Waals surface area contributed by atoms with Gasteiger partial charge in [0.25, 0.3) is 0 Å². The van der Waals surface area contributed by atoms with Crippen LogP contribution in [0.15, 0.2) is 0 Å². The van der Waals surface area contributed by atoms with Gasteiger partial charge in [-0.3, -0.25) is 0 Å². The monoisotopic (exact) mass is 208 g/mol. The minimum atomic E-state index is 0.598. The average molecular weight is 208 g/mol. The third kappa shape index (κ3) is 3.04. The molecule has 2 saturated carbocycles. The summed E-state index contributed by atoms with van der Waals surface area (Å²) in [6, 6.07) is 0.810. The van der Waals surface area contributed by atoms with Crippen LogP contribution in [0.1, 0.15) is 51.9 Å². The number of hydrogen-bond acceptors (Lipinski definition) is 2. The Balaban J connectivity index is 1.66. The van der Waals surface area contributed by atoms with Crippen molar-refractivity contribution in [3.05, 3.63) is 0 Å². The zero-order valence-corrected chi connectivity index (χ0v) is 9.89. The van der Waals surface area contributed by atoms with Gasteiger partial charge >= 0.3 is 0 Å². The van der Waals surface area contributed by atoms with Crippen LogP contribution in [0.5, 0.6) is 0 Å². The first-order valence-corrected chi connectivity index (χ1v) is 6.54. The van der Waals surface area contributed by atoms with Gasteiger partial charge in [0, 0.05) is 11.8 Å². The molecule has 1 unspecified atom stereocenters. The Bertz CT molecular complexity index is 219. The van der Waals surface area contributed by atoms with E-state index in [0.29, 0.717) is 5.92 Å². The first-order chi connectivity index (χ1) is 7.25. The molecule has 0 radical (unpaired) electrons. The van der Waals surface area contributed by atoms with Crippen molar-refractivity contribution in [3.8, 4) is 0 Å². The molecule has 0 amide bonds. The van der Waals surface area contributed by atoms with Gasteiger partial charge in [-0.2, -0.15) is 0 Å². The fraction of sp³-hybridized carbons (Fsp3) is 0.923. The second-order valence-corrected chi connectivity index (χ2v) is 5.45. The number of hydrogen-bond donors (Lipinski definition) is 2. The van der Waals surface area contributed by atoms with Crippen molar-refractivity contribution in [2.75, 3.05) is 6.54 Å². The fourth-order valence-electron chi connectivity index (χ4n) is 3.12. The molecule has 2 N–H and O–H groups in total. The van der Waals surface area contributed by atoms with Crippen LogP contribution < -0.4 is 5.32 Å². The van der Waals surface area contributed by atoms with Gasteiger partial charge in [-0.05, 0) is 57.4 Å². The van der Waals surface area contributed by atoms with E-state index in [-0.39, 0.29) is 0 Å². The molecule has 0 aliphatic heterocycles. The van der Waals surface area contributed by atoms with Crippen LogP contribution in [0.3, 0.4) is 0 Å². The third-order valence-corrected chi connectivity index (χ3v) is 4.20. The van der Waals surface area contributed by atoms with Crippen LogP contribution in [-0.4, -0.2) is 18.3 Å². The molecule has 15 heavy (non-hydrogen) atoms. The molecule has 2 fully saturated rings. The van der Waals surface area contributed by atoms with E-state index in [2.05, 4.69) is 5.32 Å². The molecular weight excluding hydrogens is 184 g/mol. The van der Waals surface area contributed by atoms with Crippen LogP contribution in [0.2, 0.25) is 0 Å². The van der Waals surface area contributed by atoms with Crippen LogP contribution >= 0.6 is 0 Å². The van der Waals surface area contributed by atoms with Gasteiger partial charge in [0.1, 0.15) is 0 Å². The summed E-state index contributed by atoms with van der Waals surface area (Å²) in [5.74, 6) is 1.44. The smallest absolute Gasteiger partial charge is 0.00892 e. The highest BCUT2D eigenvalue weighted by Crippen LogP contribution is 2.31. The molecule has 0 aromatic rings. The van der Waals surface area contributed by atoms with Gasteiger partial charge in [0.05, 0.1) is 0 Å². The van der Waals surface area contributed by atoms with E-state index in [0.717, 1.165) is 17.7 Å². The zero-order valence-electron chi connectivity index (χ0n) is 9.89. The lowest BCUT2D eigenvalue weighted by Gasteiger charge is -2.16. The largest absolute Gasteiger partial charge is 0.314 e. The highest BCUT2D eigenvalue weighted by atomic mass is 14.9. The van der Waals surface area contributed by atoms with Gasteiger partial charge < -0.3 is 10.7 Å². The molecule has 2 atom stereocenters. The molecule has 2 nitrogen and oxygen atoms in total. The number of rotatable bonds is 4. The van der Waals surface area contributed by atoms with Gasteiger partial charge in [-0.25, -0.2) is 0 Å². The second kappa shape index (κ2) is 5.11. The summed E-state index contributed by atoms with van der Waals surface area (Å²) in [7, 11) is 0. The predicted molar refractivity (Wildman–Crippen MR) is 64.5 cm³/mol. The average Bonchev–Trinajstić information content (AvgIpc) is 2.86. The minimum Gasteiger partial charge on any atom is -0.314 e. The summed E-state index contributed by atoms with van der Waals surface area (Å²) >= 11 is 0. The van der Waals surface area contributed by atoms with Crippen LogP contribution in [0.25, 0.3) is 0 Å². The Morgan fingerprint density at radius 1 is 1.20 bits per heavy atom. The molecule has 2 heteroatoms. The van der Waals surface area contributed by atoms with E-state index >= 15 is 0 Å². The molecule has 0 bridgehead atoms. The Morgan fingerprint density at radius 2 is 1.93 bits per heavy atom. The summed E-state index contributed by atoms with van der Waals surface area (Å²) in [4.78, 5) is 0. The van der Waals surface area contributed by atoms with E-state index in [1.165, 1.54) is 51.5 Å². The molecule has 0 spiro atoms. The maximum atomic E-state index is 7.66. The Morgan fingerprint density at radius 3 is 2.53 bits per heavy atom. The van der Waals surface area contributed by atoms with Crippen LogP contribution in [-0.2, 0) is 0 Å². The first-order valence-electron chi connectivity index (χ1n) is 6.54. The Hall–Kier alpha value is -0.370. The van der Waals surface area contributed by atoms with E-state index in [9.17, 15) is 0 Å². The predicted octanol–water partition coefficient (Wildman–Crippen LogP) is 2.97. The van der Waals surface area contributed by atoms with Crippen LogP contribution in [0, 0.1) is 17.2 Å². The maximum absolute atomic E-state index is 7.66. The normalized spacial score (nSPS) is 32.3. The van der Waals surface area contributed by atoms with E-state index < -0.39 is 0 Å². The first kappa shape index (κ1) is 11.1. The molecule has 2 aliphatic rings. The lowest BCUT2D eigenvalue weighted by molar-refractivity contribution is 0.430. The summed E-state index contributed by atoms with van der Waals surface area (Å²) < 4.78 is 0. The summed E-state index contributed by atoms with van der Waals surface area (Å²) in [6.45, 7) is 3.17. The fourth-order valence-corrected chi connectivity index (χ4v) is 3.12. The topological polar surface area (TPSA) is 35.9 Å². The van der Waals surface area contributed by atoms with E-state index in [1.54, 1.807) is 0 Å². The van der Waals surface area contributed by atoms with E-state index in [4.69, 9.17) is 5.41 Å². The summed E-state index contributed by atoms with van der Waals surface area (Å²) in [5.41, 5.74) is 0.901. The molecule has 0 saturated heterocycles. The second-order valence-electron chi connectivity index (χ2n) is 5.45. The van der Waals surface area contributed by atoms with Gasteiger partial charge in [0.2, 0.25) is 0 Å². The Kier molecular flexibility index (Phi) is 3.79. The van der Waals surface area contributed by atoms with Gasteiger partial charge in [-0.15, -0.1) is 0 Å². The molecule has 86 valence electrons. The van der Waals surface area contributed by atoms with Crippen molar-refractivity contribution < 1.29 is 0 Å². The summed E-state index contributed by atoms with van der Waals surface area (Å²) in [5, 5.41) is 11.4. The maximum Gasteiger partial charge on any atom is 0.00892 e. The molecule has 2 rings (SSSR count). The highest BCUT2D eigenvalue weighted by Gasteiger charge is 2.26. The van der Waals surface area contributed by atoms with Gasteiger partial charge in [0.15, 0.2) is 0 Å². The molecule has 0 aromatic heterocycles. The van der Waals surface area contributed by atoms with E-state index in [1.807, 2.05) is 6.92 Å². The van der Waals surface area contributed by atoms with Crippen molar-refractivity contribution >= 4 is 5.71 Å². The molecular formula is C13H24N2. The standard InChI is InChI=1S/C13H24N2/c1-10(14)12-7-6-11(8-12)9-15-13-4-2-3-5-13/h11-15H,2-9H2,1H3/t11?,12-/m0/s1. The lowest BCUT2D eigenvalue weighted by Crippen LogP contribution is -2.30. The van der Waals surface area contributed by atoms with Gasteiger partial charge in [-0.1, -0.05) is 12.8 Å². The molecule has 0 heterocycles. The quantitative estimate of drug-likeness (QED) is 0.685. The molecule has 0 aromatic carbocycles. The highest BCUT2D eigenvalue weighted by molar-refractivity contribution is 5.81. The number of nitrogens with one attached hydrogen (secondary N) is 2. The third-order valence-electron chi connectivity index (χ3n) is 4.20. The minimum absolute atomic E-state index is 0.598. The van der Waals surface area contributed by atoms with Crippen molar-refractivity contribution in [1.29, 1.82) is 5.41 Å². The SMILES string of the molecule is CC(=N)[C@H]1CCC(CNC2CCCC2)C1. The van der Waals surface area contributed by atoms with Crippen molar-refractivity contribution in [2.24, 2.45) is 11.8 Å². The van der Waals surface area contributed by atoms with Crippen molar-refractivity contribution in [2.45, 2.75) is 57.9 Å². The summed E-state index contributed by atoms with van der Waals surface area (Å²) in [6.07, 6.45) is 9.47. The van der Waals surface area contributed by atoms with Crippen LogP contribution in [0.4, 0.5) is 0 Å². The zero-order chi connectivity index (χ0) is 10.7. The van der Waals surface area contributed by atoms with Crippen molar-refractivity contribution in [3.63, 3.8) is 0 Å². The lowest BCUT2D eigenvalue weighted by atomic mass is 10.0. The molecule has 2 aliphatic carbocycles. The van der Waals surface area contributed by atoms with Crippen molar-refractivity contribution in [1.82, 2.24) is 5.32 Å². The Labute approximate surface area is 93.3 Å².